The molecule has 70 valence electrons. The predicted molar refractivity (Wildman–Crippen MR) is 50.3 cm³/mol. The normalized spacial score (nSPS) is 13.4. The fraction of sp³-hybridized carbons (Fsp3) is 0.556. The van der Waals surface area contributed by atoms with Gasteiger partial charge in [0.15, 0.2) is 0 Å². The van der Waals surface area contributed by atoms with Gasteiger partial charge in [-0.15, -0.1) is 0 Å². The van der Waals surface area contributed by atoms with Gasteiger partial charge in [0.05, 0.1) is 0 Å². The second-order valence-corrected chi connectivity index (χ2v) is 2.01. The molecule has 1 heterocycles. The van der Waals surface area contributed by atoms with Gasteiger partial charge in [0.25, 0.3) is 0 Å². The molecular formula is C9H21NZr-4. The average molecular weight is 234 g/mol. The largest absolute Gasteiger partial charge is 0.372 e. The summed E-state index contributed by atoms with van der Waals surface area (Å²) in [6.07, 6.45) is 2.16. The molecule has 1 nitrogen and oxygen atoms in total. The maximum absolute atomic E-state index is 3.38. The minimum atomic E-state index is 0. The van der Waals surface area contributed by atoms with Crippen LogP contribution >= 0.6 is 0 Å². The van der Waals surface area contributed by atoms with E-state index >= 15 is 0 Å². The van der Waals surface area contributed by atoms with Crippen LogP contribution in [0.1, 0.15) is 12.8 Å². The molecule has 1 fully saturated rings. The van der Waals surface area contributed by atoms with Crippen LogP contribution in [-0.4, -0.2) is 25.0 Å². The molecule has 0 aromatic carbocycles. The van der Waals surface area contributed by atoms with Crippen LogP contribution in [0.4, 0.5) is 0 Å². The summed E-state index contributed by atoms with van der Waals surface area (Å²) in [7, 11) is 2.14. The third kappa shape index (κ3) is 18.1. The maximum Gasteiger partial charge on any atom is 0 e. The van der Waals surface area contributed by atoms with Crippen LogP contribution in [0, 0.1) is 28.7 Å². The van der Waals surface area contributed by atoms with Crippen molar-refractivity contribution >= 4 is 0 Å². The number of hydrogen-bond donors (Lipinski definition) is 0. The van der Waals surface area contributed by atoms with Gasteiger partial charge < -0.3 is 40.0 Å². The van der Waals surface area contributed by atoms with E-state index in [2.05, 4.69) is 25.8 Å². The molecule has 0 radical (unpaired) electrons. The maximum atomic E-state index is 3.38. The number of hydrogen-bond acceptors (Lipinski definition) is 1. The fourth-order valence-electron chi connectivity index (χ4n) is 0.474. The second kappa shape index (κ2) is 17.1. The van der Waals surface area contributed by atoms with Gasteiger partial charge >= 0.3 is 0 Å². The third-order valence-electron chi connectivity index (χ3n) is 1.08. The molecule has 0 bridgehead atoms. The summed E-state index contributed by atoms with van der Waals surface area (Å²) in [5, 5.41) is 0. The number of rotatable bonds is 0. The quantitative estimate of drug-likeness (QED) is 0.581. The summed E-state index contributed by atoms with van der Waals surface area (Å²) in [4.78, 5) is 2.31. The second-order valence-electron chi connectivity index (χ2n) is 2.01. The Bertz CT molecular complexity index is 44.8. The van der Waals surface area contributed by atoms with Crippen LogP contribution in [0.25, 0.3) is 0 Å². The van der Waals surface area contributed by atoms with E-state index in [-0.39, 0.29) is 41.1 Å². The van der Waals surface area contributed by atoms with Gasteiger partial charge in [0.2, 0.25) is 0 Å². The Labute approximate surface area is 92.7 Å². The molecule has 2 heteroatoms. The van der Waals surface area contributed by atoms with E-state index < -0.39 is 0 Å². The zero-order valence-corrected chi connectivity index (χ0v) is 10.6. The standard InChI is InChI=1S/C4H9N.C3H6.2CH3.Zr/c1-5-3-2-4-5;1-3-2;;;/h2-4H2,1H3;1-3H2;2*1H3;/q;-2;2*-1;. The summed E-state index contributed by atoms with van der Waals surface area (Å²) in [5.41, 5.74) is 0. The molecule has 0 aromatic heterocycles. The molecule has 0 saturated carbocycles. The zero-order chi connectivity index (χ0) is 6.41. The summed E-state index contributed by atoms with van der Waals surface area (Å²) in [6.45, 7) is 9.39. The Hall–Kier alpha value is 0.843. The van der Waals surface area contributed by atoms with Crippen molar-refractivity contribution in [2.45, 2.75) is 12.8 Å². The monoisotopic (exact) mass is 233 g/mol. The van der Waals surface area contributed by atoms with E-state index in [1.807, 2.05) is 0 Å². The molecule has 0 unspecified atom stereocenters. The number of likely N-dealkylation sites (tertiary alicyclic amines) is 1. The Morgan fingerprint density at radius 1 is 1.18 bits per heavy atom. The Morgan fingerprint density at radius 2 is 1.36 bits per heavy atom. The first-order valence-electron chi connectivity index (χ1n) is 3.08. The zero-order valence-electron chi connectivity index (χ0n) is 8.19. The topological polar surface area (TPSA) is 3.24 Å². The van der Waals surface area contributed by atoms with Gasteiger partial charge in [0.1, 0.15) is 0 Å². The summed E-state index contributed by atoms with van der Waals surface area (Å²) in [5.74, 6) is 0. The molecule has 0 spiro atoms. The van der Waals surface area contributed by atoms with Crippen molar-refractivity contribution in [2.24, 2.45) is 0 Å². The van der Waals surface area contributed by atoms with Crippen molar-refractivity contribution in [3.63, 3.8) is 0 Å². The summed E-state index contributed by atoms with van der Waals surface area (Å²) < 4.78 is 0. The van der Waals surface area contributed by atoms with Crippen LogP contribution in [0.5, 0.6) is 0 Å². The first-order chi connectivity index (χ1) is 3.81. The Kier molecular flexibility index (Phi) is 35.1. The third-order valence-corrected chi connectivity index (χ3v) is 1.08. The molecule has 0 atom stereocenters. The molecule has 0 N–H and O–H groups in total. The minimum absolute atomic E-state index is 0. The van der Waals surface area contributed by atoms with Crippen molar-refractivity contribution in [3.05, 3.63) is 28.7 Å². The van der Waals surface area contributed by atoms with Gasteiger partial charge in [-0.2, -0.15) is 0 Å². The Balaban J connectivity index is -0.0000000379. The molecule has 0 aromatic rings. The molecule has 1 aliphatic rings. The molecule has 0 amide bonds. The Morgan fingerprint density at radius 3 is 1.36 bits per heavy atom. The van der Waals surface area contributed by atoms with Crippen LogP contribution in [0.2, 0.25) is 0 Å². The van der Waals surface area contributed by atoms with Gasteiger partial charge in [0, 0.05) is 26.2 Å². The molecule has 0 aliphatic carbocycles. The predicted octanol–water partition coefficient (Wildman–Crippen LogP) is 2.26. The van der Waals surface area contributed by atoms with Gasteiger partial charge in [-0.25, -0.2) is 0 Å². The van der Waals surface area contributed by atoms with E-state index in [9.17, 15) is 0 Å². The van der Waals surface area contributed by atoms with Crippen molar-refractivity contribution < 1.29 is 26.2 Å². The van der Waals surface area contributed by atoms with E-state index in [0.717, 1.165) is 6.42 Å². The van der Waals surface area contributed by atoms with E-state index in [1.54, 1.807) is 0 Å². The van der Waals surface area contributed by atoms with Gasteiger partial charge in [-0.05, 0) is 26.6 Å². The number of nitrogens with zero attached hydrogens (tertiary/aromatic N) is 1. The molecular weight excluding hydrogens is 213 g/mol. The van der Waals surface area contributed by atoms with Crippen LogP contribution in [0.15, 0.2) is 0 Å². The van der Waals surface area contributed by atoms with Crippen molar-refractivity contribution in [3.8, 4) is 0 Å². The van der Waals surface area contributed by atoms with E-state index in [1.165, 1.54) is 19.5 Å². The summed E-state index contributed by atoms with van der Waals surface area (Å²) >= 11 is 0. The van der Waals surface area contributed by atoms with Crippen LogP contribution < -0.4 is 0 Å². The summed E-state index contributed by atoms with van der Waals surface area (Å²) in [6, 6.07) is 0. The SMILES string of the molecule is CN1CCC1.[CH2-]C[CH2-].[CH3-].[CH3-].[Zr]. The minimum Gasteiger partial charge on any atom is -0.372 e. The first kappa shape index (κ1) is 22.6. The fourth-order valence-corrected chi connectivity index (χ4v) is 0.474. The average Bonchev–Trinajstić information content (AvgIpc) is 1.64. The van der Waals surface area contributed by atoms with Crippen molar-refractivity contribution in [1.29, 1.82) is 0 Å². The molecule has 11 heavy (non-hydrogen) atoms. The molecule has 1 rings (SSSR count). The van der Waals surface area contributed by atoms with E-state index in [4.69, 9.17) is 0 Å². The smallest absolute Gasteiger partial charge is 0 e. The first-order valence-corrected chi connectivity index (χ1v) is 3.08. The van der Waals surface area contributed by atoms with Crippen LogP contribution in [-0.2, 0) is 26.2 Å². The van der Waals surface area contributed by atoms with E-state index in [0.29, 0.717) is 0 Å². The van der Waals surface area contributed by atoms with Gasteiger partial charge in [-0.1, -0.05) is 0 Å². The van der Waals surface area contributed by atoms with Crippen LogP contribution in [0.3, 0.4) is 0 Å². The molecule has 1 saturated heterocycles. The molecule has 1 aliphatic heterocycles. The van der Waals surface area contributed by atoms with Gasteiger partial charge in [-0.3, -0.25) is 0 Å². The van der Waals surface area contributed by atoms with Crippen molar-refractivity contribution in [2.75, 3.05) is 20.1 Å². The van der Waals surface area contributed by atoms with Crippen molar-refractivity contribution in [1.82, 2.24) is 4.90 Å².